The van der Waals surface area contributed by atoms with E-state index in [0.29, 0.717) is 75.4 Å². The van der Waals surface area contributed by atoms with Gasteiger partial charge in [0, 0.05) is 209 Å². The van der Waals surface area contributed by atoms with Gasteiger partial charge in [-0.25, -0.2) is 59.8 Å². The van der Waals surface area contributed by atoms with Gasteiger partial charge >= 0.3 is 0 Å². The molecule has 4 aliphatic heterocycles. The van der Waals surface area contributed by atoms with E-state index in [1.807, 2.05) is 110 Å². The average Bonchev–Trinajstić information content (AvgIpc) is 1.54. The Bertz CT molecular complexity index is 5230. The molecule has 0 unspecified atom stereocenters. The molecule has 4 amide bonds. The number of halogens is 1. The number of rotatable bonds is 28. The number of nitrogens with zero attached hydrogens (tertiary/aromatic N) is 20. The number of carbonyl (C=O) groups excluding carboxylic acids is 4. The minimum absolute atomic E-state index is 0.113. The smallest absolute Gasteiger partial charge is 0.267 e. The normalized spacial score (nSPS) is 17.0. The molecular weight excluding hydrogens is 1680 g/mol. The summed E-state index contributed by atoms with van der Waals surface area (Å²) in [6, 6.07) is 8.07. The van der Waals surface area contributed by atoms with Crippen LogP contribution in [-0.2, 0) is 25.7 Å². The Morgan fingerprint density at radius 3 is 0.976 bits per heavy atom. The zero-order chi connectivity index (χ0) is 88.0. The van der Waals surface area contributed by atoms with Crippen LogP contribution >= 0.6 is 56.9 Å². The summed E-state index contributed by atoms with van der Waals surface area (Å²) in [6.45, 7) is 33.6. The quantitative estimate of drug-likeness (QED) is 0.0229. The van der Waals surface area contributed by atoms with Crippen LogP contribution in [0.2, 0.25) is 0 Å². The monoisotopic (exact) mass is 1790 g/mol. The number of nitrogens with one attached hydrogen (secondary N) is 4. The number of aliphatic hydroxyl groups excluding tert-OH is 4. The minimum Gasteiger partial charge on any atom is -0.395 e. The highest BCUT2D eigenvalue weighted by Gasteiger charge is 2.27. The molecule has 16 rings (SSSR count). The van der Waals surface area contributed by atoms with Gasteiger partial charge in [-0.2, -0.15) is 0 Å². The first-order chi connectivity index (χ1) is 60.5. The van der Waals surface area contributed by atoms with Gasteiger partial charge in [-0.15, -0.1) is 45.3 Å². The average molecular weight is 1800 g/mol. The van der Waals surface area contributed by atoms with Crippen LogP contribution in [0.25, 0.3) is 0 Å². The molecule has 8 N–H and O–H groups in total. The maximum atomic E-state index is 12.7. The van der Waals surface area contributed by atoms with Crippen molar-refractivity contribution in [3.63, 3.8) is 0 Å². The summed E-state index contributed by atoms with van der Waals surface area (Å²) >= 11 is 11.7. The molecule has 32 nitrogen and oxygen atoms in total. The lowest BCUT2D eigenvalue weighted by Gasteiger charge is -2.35. The zero-order valence-corrected chi connectivity index (χ0v) is 76.2. The number of aromatic nitrogens is 12. The number of anilines is 4. The standard InChI is InChI=1S/C23H30N6O2S.2C22H28N6O2S.C21H25ClN6O2S/c1-15-4-5-16(2)22(15)27-23(31)19-14-24-21(32-19)13-18-12-20(26-17(3)25-18)29-8-6-28(7-9-29)10-11-30;2*1-15-4-3-5-18(15)26-22(30)19-14-23-21(31-19)13-17-12-20(25-16(2)24-17)28-8-6-27(7-9-28)10-11-29;1-14-24-15(11-19(25-14)28-7-5-27(6-8-28)9-10-29)12-20-23-13-18(31-20)21(30)26-17-4-2-3-16(17)22/h4,12,14,30H,5-11,13H2,1-3H3,(H,27,31);4-5,12,14,29H,3,6-11,13H2,1-2H3,(H,26,30);3,5,12,14,29H,4,6-11,13H2,1-2H3,(H,26,30);2,4,11,13,29H,3,5-10,12H2,1H3,(H,26,30). The van der Waals surface area contributed by atoms with Gasteiger partial charge in [0.1, 0.15) is 66.1 Å². The third kappa shape index (κ3) is 26.3. The summed E-state index contributed by atoms with van der Waals surface area (Å²) in [7, 11) is 0. The molecule has 4 aliphatic carbocycles. The lowest BCUT2D eigenvalue weighted by Crippen LogP contribution is -2.47. The summed E-state index contributed by atoms with van der Waals surface area (Å²) < 4.78 is 0. The van der Waals surface area contributed by atoms with E-state index in [0.717, 1.165) is 255 Å². The highest BCUT2D eigenvalue weighted by atomic mass is 35.5. The first-order valence-corrected chi connectivity index (χ1v) is 46.0. The van der Waals surface area contributed by atoms with E-state index in [4.69, 9.17) is 32.0 Å². The number of thiazole rings is 4. The Morgan fingerprint density at radius 2 is 0.688 bits per heavy atom. The fourth-order valence-corrected chi connectivity index (χ4v) is 18.8. The summed E-state index contributed by atoms with van der Waals surface area (Å²) in [5.74, 6) is 6.05. The van der Waals surface area contributed by atoms with Crippen LogP contribution in [0.5, 0.6) is 0 Å². The van der Waals surface area contributed by atoms with E-state index < -0.39 is 0 Å². The van der Waals surface area contributed by atoms with Crippen molar-refractivity contribution in [2.24, 2.45) is 0 Å². The van der Waals surface area contributed by atoms with E-state index in [2.05, 4.69) is 132 Å². The lowest BCUT2D eigenvalue weighted by molar-refractivity contribution is 0.0962. The number of hydrogen-bond donors (Lipinski definition) is 8. The van der Waals surface area contributed by atoms with Crippen molar-refractivity contribution in [1.29, 1.82) is 0 Å². The van der Waals surface area contributed by atoms with E-state index in [9.17, 15) is 19.2 Å². The van der Waals surface area contributed by atoms with Crippen LogP contribution in [0.1, 0.15) is 158 Å². The Kier molecular flexibility index (Phi) is 33.1. The van der Waals surface area contributed by atoms with Gasteiger partial charge < -0.3 is 61.3 Å². The van der Waals surface area contributed by atoms with Crippen LogP contribution in [0.3, 0.4) is 0 Å². The van der Waals surface area contributed by atoms with Gasteiger partial charge in [-0.1, -0.05) is 42.0 Å². The Morgan fingerprint density at radius 1 is 0.368 bits per heavy atom. The van der Waals surface area contributed by atoms with Gasteiger partial charge in [-0.05, 0) is 109 Å². The fraction of sp³-hybridized carbons (Fsp3) is 0.455. The highest BCUT2D eigenvalue weighted by Crippen LogP contribution is 2.30. The number of aliphatic hydroxyl groups is 4. The Labute approximate surface area is 750 Å². The van der Waals surface area contributed by atoms with Crippen molar-refractivity contribution < 1.29 is 39.6 Å². The largest absolute Gasteiger partial charge is 0.395 e. The topological polar surface area (TPSA) is 378 Å². The van der Waals surface area contributed by atoms with Crippen LogP contribution < -0.4 is 40.9 Å². The minimum atomic E-state index is -0.205. The number of hydrogen-bond acceptors (Lipinski definition) is 32. The zero-order valence-electron chi connectivity index (χ0n) is 72.2. The second kappa shape index (κ2) is 44.8. The van der Waals surface area contributed by atoms with Gasteiger partial charge in [0.25, 0.3) is 23.6 Å². The third-order valence-electron chi connectivity index (χ3n) is 22.1. The number of allylic oxidation sites excluding steroid dienone is 12. The van der Waals surface area contributed by atoms with Crippen LogP contribution in [-0.4, -0.2) is 281 Å². The van der Waals surface area contributed by atoms with Crippen LogP contribution in [0.4, 0.5) is 23.3 Å². The molecule has 4 fully saturated rings. The molecular formula is C88H111ClN24O8S4. The van der Waals surface area contributed by atoms with E-state index in [1.165, 1.54) is 56.5 Å². The molecule has 125 heavy (non-hydrogen) atoms. The predicted molar refractivity (Wildman–Crippen MR) is 490 cm³/mol. The Hall–Kier alpha value is -10.2. The molecule has 0 spiro atoms. The second-order valence-electron chi connectivity index (χ2n) is 31.5. The van der Waals surface area contributed by atoms with Gasteiger partial charge in [0.2, 0.25) is 0 Å². The lowest BCUT2D eigenvalue weighted by atomic mass is 10.2. The van der Waals surface area contributed by atoms with Crippen molar-refractivity contribution in [1.82, 2.24) is 101 Å². The van der Waals surface area contributed by atoms with Crippen molar-refractivity contribution in [3.8, 4) is 0 Å². The number of piperazine rings is 4. The Balaban J connectivity index is 0.000000143. The number of carbonyl (C=O) groups is 4. The molecule has 662 valence electrons. The first kappa shape index (κ1) is 92.5. The molecule has 0 bridgehead atoms. The summed E-state index contributed by atoms with van der Waals surface area (Å²) in [6.07, 6.45) is 26.0. The maximum Gasteiger partial charge on any atom is 0.267 e. The van der Waals surface area contributed by atoms with Gasteiger partial charge in [-0.3, -0.25) is 38.8 Å². The molecule has 8 aromatic rings. The number of aryl methyl sites for hydroxylation is 4. The van der Waals surface area contributed by atoms with Gasteiger partial charge in [0.15, 0.2) is 0 Å². The molecule has 8 aromatic heterocycles. The van der Waals surface area contributed by atoms with Crippen molar-refractivity contribution in [3.05, 3.63) is 227 Å². The number of amides is 4. The molecule has 4 saturated heterocycles. The predicted octanol–water partition coefficient (Wildman–Crippen LogP) is 8.21. The summed E-state index contributed by atoms with van der Waals surface area (Å²) in [5, 5.41) is 52.3. The van der Waals surface area contributed by atoms with Crippen LogP contribution in [0, 0.1) is 27.7 Å². The number of β-amino-alcohol motifs (C(OH)–C–C–N with tert-alkyl or cyclic N) is 4. The third-order valence-corrected chi connectivity index (χ3v) is 26.5. The van der Waals surface area contributed by atoms with E-state index >= 15 is 0 Å². The maximum absolute atomic E-state index is 12.7. The second-order valence-corrected chi connectivity index (χ2v) is 36.4. The molecule has 0 saturated carbocycles. The molecule has 0 atom stereocenters. The summed E-state index contributed by atoms with van der Waals surface area (Å²) in [5.41, 5.74) is 11.5. The SMILES string of the molecule is CC1=C(NC(=O)c2cnc(Cc3cc(N4CCN(CCO)CC4)nc(C)n3)s2)C=CC1.CC1=CCC(C)=C1NC(=O)c1cnc(Cc2cc(N3CCN(CCO)CC3)nc(C)n2)s1.CC1=CCC=C1NC(=O)c1cnc(Cc2cc(N3CCN(CCO)CC3)nc(C)n2)s1.Cc1nc(Cc2ncc(C(=O)NC3=C(Cl)CC=C3)s2)cc(N2CCN(CCO)CC2)n1. The molecule has 0 aromatic carbocycles. The molecule has 8 aliphatic rings. The summed E-state index contributed by atoms with van der Waals surface area (Å²) in [4.78, 5) is 125. The van der Waals surface area contributed by atoms with Crippen LogP contribution in [0.15, 0.2) is 142 Å². The van der Waals surface area contributed by atoms with Crippen molar-refractivity contribution in [2.45, 2.75) is 107 Å². The van der Waals surface area contributed by atoms with E-state index in [1.54, 1.807) is 24.8 Å². The highest BCUT2D eigenvalue weighted by molar-refractivity contribution is 7.14. The van der Waals surface area contributed by atoms with E-state index in [-0.39, 0.29) is 50.1 Å². The van der Waals surface area contributed by atoms with Gasteiger partial charge in [0.05, 0.1) is 99.7 Å². The van der Waals surface area contributed by atoms with Crippen molar-refractivity contribution >= 4 is 104 Å². The molecule has 12 heterocycles. The van der Waals surface area contributed by atoms with Crippen molar-refractivity contribution in [2.75, 3.05) is 177 Å². The molecule has 0 radical (unpaired) electrons. The fourth-order valence-electron chi connectivity index (χ4n) is 15.3. The first-order valence-electron chi connectivity index (χ1n) is 42.4. The molecule has 37 heteroatoms.